The average molecular weight is 336 g/mol. The first kappa shape index (κ1) is 17.5. The van der Waals surface area contributed by atoms with Gasteiger partial charge in [0.25, 0.3) is 0 Å². The summed E-state index contributed by atoms with van der Waals surface area (Å²) in [5.41, 5.74) is 0.747. The molecule has 124 valence electrons. The molecule has 1 atom stereocenters. The minimum absolute atomic E-state index is 0.237. The fourth-order valence-corrected chi connectivity index (χ4v) is 2.81. The Bertz CT molecular complexity index is 619. The zero-order chi connectivity index (χ0) is 17.0. The van der Waals surface area contributed by atoms with E-state index in [1.807, 2.05) is 32.9 Å². The predicted octanol–water partition coefficient (Wildman–Crippen LogP) is 4.78. The number of carbonyl (C=O) groups excluding carboxylic acids is 2. The van der Waals surface area contributed by atoms with Gasteiger partial charge in [-0.05, 0) is 57.4 Å². The third-order valence-electron chi connectivity index (χ3n) is 3.61. The van der Waals surface area contributed by atoms with Crippen LogP contribution in [0.25, 0.3) is 0 Å². The van der Waals surface area contributed by atoms with Crippen LogP contribution in [-0.2, 0) is 4.74 Å². The van der Waals surface area contributed by atoms with Crippen LogP contribution < -0.4 is 0 Å². The fourth-order valence-electron chi connectivity index (χ4n) is 2.63. The Balaban J connectivity index is 2.38. The maximum atomic E-state index is 12.6. The minimum Gasteiger partial charge on any atom is -0.444 e. The van der Waals surface area contributed by atoms with Gasteiger partial charge in [0.1, 0.15) is 11.9 Å². The summed E-state index contributed by atoms with van der Waals surface area (Å²) in [4.78, 5) is 25.6. The molecule has 0 spiro atoms. The molecule has 1 aromatic carbocycles. The minimum atomic E-state index is -0.570. The Hall–Kier alpha value is -1.81. The maximum Gasteiger partial charge on any atom is 0.411 e. The zero-order valence-electron chi connectivity index (χ0n) is 13.7. The van der Waals surface area contributed by atoms with Gasteiger partial charge in [-0.25, -0.2) is 4.79 Å². The normalized spacial score (nSPS) is 18.4. The summed E-state index contributed by atoms with van der Waals surface area (Å²) < 4.78 is 5.52. The molecule has 1 aliphatic rings. The first-order valence-corrected chi connectivity index (χ1v) is 8.09. The van der Waals surface area contributed by atoms with Crippen molar-refractivity contribution >= 4 is 24.0 Å². The molecule has 23 heavy (non-hydrogen) atoms. The number of carbonyl (C=O) groups is 2. The van der Waals surface area contributed by atoms with Gasteiger partial charge < -0.3 is 4.74 Å². The molecule has 0 bridgehead atoms. The van der Waals surface area contributed by atoms with Crippen LogP contribution in [0.2, 0.25) is 5.02 Å². The van der Waals surface area contributed by atoms with E-state index in [0.717, 1.165) is 24.7 Å². The number of hydrogen-bond donors (Lipinski definition) is 0. The lowest BCUT2D eigenvalue weighted by molar-refractivity contribution is 0.0181. The highest BCUT2D eigenvalue weighted by atomic mass is 35.5. The van der Waals surface area contributed by atoms with Crippen LogP contribution in [0.3, 0.4) is 0 Å². The topological polar surface area (TPSA) is 46.6 Å². The van der Waals surface area contributed by atoms with Crippen LogP contribution in [0.1, 0.15) is 55.6 Å². The Kier molecular flexibility index (Phi) is 5.47. The van der Waals surface area contributed by atoms with E-state index in [-0.39, 0.29) is 12.1 Å². The maximum absolute atomic E-state index is 12.6. The zero-order valence-corrected chi connectivity index (χ0v) is 14.5. The first-order valence-electron chi connectivity index (χ1n) is 7.71. The number of rotatable bonds is 2. The second-order valence-corrected chi connectivity index (χ2v) is 7.02. The highest BCUT2D eigenvalue weighted by molar-refractivity contribution is 6.30. The molecule has 0 radical (unpaired) electrons. The van der Waals surface area contributed by atoms with E-state index >= 15 is 0 Å². The number of benzene rings is 1. The van der Waals surface area contributed by atoms with E-state index in [1.165, 1.54) is 0 Å². The average Bonchev–Trinajstić information content (AvgIpc) is 2.71. The van der Waals surface area contributed by atoms with Gasteiger partial charge in [-0.2, -0.15) is 0 Å². The molecule has 0 N–H and O–H groups in total. The number of halogens is 1. The third kappa shape index (κ3) is 4.58. The van der Waals surface area contributed by atoms with Crippen molar-refractivity contribution in [3.05, 3.63) is 46.5 Å². The summed E-state index contributed by atoms with van der Waals surface area (Å²) in [5, 5.41) is 0.548. The van der Waals surface area contributed by atoms with Crippen LogP contribution in [0.5, 0.6) is 0 Å². The van der Waals surface area contributed by atoms with Gasteiger partial charge in [-0.3, -0.25) is 9.69 Å². The number of amides is 1. The summed E-state index contributed by atoms with van der Waals surface area (Å²) in [6.07, 6.45) is 5.96. The Morgan fingerprint density at radius 3 is 2.74 bits per heavy atom. The van der Waals surface area contributed by atoms with Crippen molar-refractivity contribution in [2.24, 2.45) is 0 Å². The smallest absolute Gasteiger partial charge is 0.411 e. The van der Waals surface area contributed by atoms with Crippen molar-refractivity contribution < 1.29 is 14.3 Å². The summed E-state index contributed by atoms with van der Waals surface area (Å²) >= 11 is 6.10. The molecule has 1 heterocycles. The standard InChI is InChI=1S/C18H22ClNO3/c1-18(2,3)23-17(22)20-10-6-4-5-7-16(20)15-11-14(19)9-8-13(15)12-21/h4,6,8-9,11-12,16H,5,7,10H2,1-3H3. The van der Waals surface area contributed by atoms with E-state index in [0.29, 0.717) is 17.1 Å². The van der Waals surface area contributed by atoms with E-state index in [1.54, 1.807) is 23.1 Å². The number of allylic oxidation sites excluding steroid dienone is 1. The van der Waals surface area contributed by atoms with Gasteiger partial charge in [-0.1, -0.05) is 23.8 Å². The van der Waals surface area contributed by atoms with Crippen LogP contribution in [0, 0.1) is 0 Å². The Labute approximate surface area is 142 Å². The summed E-state index contributed by atoms with van der Waals surface area (Å²) in [6.45, 7) is 5.96. The molecule has 0 fully saturated rings. The SMILES string of the molecule is CC(C)(C)OC(=O)N1CC=CCCC1c1cc(Cl)ccc1C=O. The van der Waals surface area contributed by atoms with Crippen LogP contribution in [-0.4, -0.2) is 29.4 Å². The highest BCUT2D eigenvalue weighted by Gasteiger charge is 2.30. The fraction of sp³-hybridized carbons (Fsp3) is 0.444. The second kappa shape index (κ2) is 7.18. The lowest BCUT2D eigenvalue weighted by atomic mass is 9.96. The molecule has 0 saturated carbocycles. The summed E-state index contributed by atoms with van der Waals surface area (Å²) in [5.74, 6) is 0. The molecule has 0 saturated heterocycles. The number of nitrogens with zero attached hydrogens (tertiary/aromatic N) is 1. The quantitative estimate of drug-likeness (QED) is 0.577. The molecule has 1 amide bonds. The monoisotopic (exact) mass is 335 g/mol. The number of ether oxygens (including phenoxy) is 1. The largest absolute Gasteiger partial charge is 0.444 e. The van der Waals surface area contributed by atoms with Gasteiger partial charge in [0.2, 0.25) is 0 Å². The number of aldehydes is 1. The summed E-state index contributed by atoms with van der Waals surface area (Å²) in [7, 11) is 0. The molecule has 5 heteroatoms. The lowest BCUT2D eigenvalue weighted by Gasteiger charge is -2.33. The lowest BCUT2D eigenvalue weighted by Crippen LogP contribution is -2.39. The van der Waals surface area contributed by atoms with Crippen molar-refractivity contribution in [2.75, 3.05) is 6.54 Å². The van der Waals surface area contributed by atoms with Crippen molar-refractivity contribution in [1.82, 2.24) is 4.90 Å². The van der Waals surface area contributed by atoms with Crippen LogP contribution in [0.15, 0.2) is 30.4 Å². The molecule has 0 aliphatic carbocycles. The van der Waals surface area contributed by atoms with E-state index < -0.39 is 5.60 Å². The van der Waals surface area contributed by atoms with Gasteiger partial charge in [0.15, 0.2) is 0 Å². The molecular formula is C18H22ClNO3. The molecule has 1 unspecified atom stereocenters. The van der Waals surface area contributed by atoms with Crippen LogP contribution >= 0.6 is 11.6 Å². The predicted molar refractivity (Wildman–Crippen MR) is 90.9 cm³/mol. The summed E-state index contributed by atoms with van der Waals surface area (Å²) in [6, 6.07) is 4.90. The highest BCUT2D eigenvalue weighted by Crippen LogP contribution is 2.32. The van der Waals surface area contributed by atoms with E-state index in [2.05, 4.69) is 0 Å². The molecule has 1 aromatic rings. The van der Waals surface area contributed by atoms with Crippen LogP contribution in [0.4, 0.5) is 4.79 Å². The van der Waals surface area contributed by atoms with Crippen molar-refractivity contribution in [3.8, 4) is 0 Å². The molecule has 1 aliphatic heterocycles. The van der Waals surface area contributed by atoms with E-state index in [9.17, 15) is 9.59 Å². The van der Waals surface area contributed by atoms with Gasteiger partial charge >= 0.3 is 6.09 Å². The number of hydrogen-bond acceptors (Lipinski definition) is 3. The van der Waals surface area contributed by atoms with E-state index in [4.69, 9.17) is 16.3 Å². The Morgan fingerprint density at radius 2 is 2.09 bits per heavy atom. The van der Waals surface area contributed by atoms with Crippen molar-refractivity contribution in [1.29, 1.82) is 0 Å². The van der Waals surface area contributed by atoms with Gasteiger partial charge in [0, 0.05) is 17.1 Å². The molecule has 2 rings (SSSR count). The van der Waals surface area contributed by atoms with Crippen molar-refractivity contribution in [2.45, 2.75) is 45.3 Å². The molecule has 0 aromatic heterocycles. The first-order chi connectivity index (χ1) is 10.8. The van der Waals surface area contributed by atoms with Gasteiger partial charge in [-0.15, -0.1) is 0 Å². The third-order valence-corrected chi connectivity index (χ3v) is 3.85. The molecule has 4 nitrogen and oxygen atoms in total. The Morgan fingerprint density at radius 1 is 1.35 bits per heavy atom. The second-order valence-electron chi connectivity index (χ2n) is 6.59. The van der Waals surface area contributed by atoms with Gasteiger partial charge in [0.05, 0.1) is 6.04 Å². The van der Waals surface area contributed by atoms with Crippen molar-refractivity contribution in [3.63, 3.8) is 0 Å². The molecular weight excluding hydrogens is 314 g/mol.